The van der Waals surface area contributed by atoms with Gasteiger partial charge in [0.15, 0.2) is 0 Å². The molecule has 1 aliphatic rings. The Morgan fingerprint density at radius 1 is 1.21 bits per heavy atom. The molecular formula is C25H25ClFN5O5S. The lowest BCUT2D eigenvalue weighted by Crippen LogP contribution is -2.43. The molecule has 0 fully saturated rings. The Labute approximate surface area is 223 Å². The minimum absolute atomic E-state index is 0.133. The molecule has 1 atom stereocenters. The maximum absolute atomic E-state index is 15.3. The average molecular weight is 562 g/mol. The van der Waals surface area contributed by atoms with Crippen LogP contribution in [0.3, 0.4) is 0 Å². The number of amides is 2. The van der Waals surface area contributed by atoms with Gasteiger partial charge in [-0.2, -0.15) is 0 Å². The number of fused-ring (bicyclic) bond motifs is 1. The Morgan fingerprint density at radius 2 is 1.87 bits per heavy atom. The van der Waals surface area contributed by atoms with Crippen LogP contribution in [0.4, 0.5) is 10.1 Å². The van der Waals surface area contributed by atoms with Crippen molar-refractivity contribution in [3.05, 3.63) is 69.8 Å². The highest BCUT2D eigenvalue weighted by Crippen LogP contribution is 2.38. The number of nitrogens with zero attached hydrogens (tertiary/aromatic N) is 3. The maximum atomic E-state index is 15.3. The summed E-state index contributed by atoms with van der Waals surface area (Å²) >= 11 is 5.98. The fourth-order valence-corrected chi connectivity index (χ4v) is 5.02. The van der Waals surface area contributed by atoms with Gasteiger partial charge in [0.1, 0.15) is 11.5 Å². The van der Waals surface area contributed by atoms with Crippen LogP contribution in [0.15, 0.2) is 56.8 Å². The number of carbonyl (C=O) groups is 2. The highest BCUT2D eigenvalue weighted by atomic mass is 35.5. The minimum atomic E-state index is -4.41. The van der Waals surface area contributed by atoms with Gasteiger partial charge in [-0.3, -0.25) is 9.59 Å². The zero-order valence-corrected chi connectivity index (χ0v) is 22.5. The average Bonchev–Trinajstić information content (AvgIpc) is 3.31. The quantitative estimate of drug-likeness (QED) is 0.481. The van der Waals surface area contributed by atoms with Crippen molar-refractivity contribution in [1.29, 1.82) is 0 Å². The minimum Gasteiger partial charge on any atom is -0.420 e. The van der Waals surface area contributed by atoms with E-state index >= 15 is 4.39 Å². The van der Waals surface area contributed by atoms with Gasteiger partial charge in [0.05, 0.1) is 34.1 Å². The molecule has 10 nitrogen and oxygen atoms in total. The third-order valence-corrected chi connectivity index (χ3v) is 7.35. The fourth-order valence-electron chi connectivity index (χ4n) is 3.56. The summed E-state index contributed by atoms with van der Waals surface area (Å²) in [5.41, 5.74) is 4.79. The molecule has 3 aromatic rings. The molecule has 3 N–H and O–H groups in total. The van der Waals surface area contributed by atoms with Gasteiger partial charge < -0.3 is 20.4 Å². The summed E-state index contributed by atoms with van der Waals surface area (Å²) in [6.07, 6.45) is 0. The topological polar surface area (TPSA) is 148 Å². The van der Waals surface area contributed by atoms with Crippen LogP contribution in [-0.2, 0) is 31.4 Å². The number of benzene rings is 2. The first kappa shape index (κ1) is 27.4. The van der Waals surface area contributed by atoms with Crippen molar-refractivity contribution < 1.29 is 26.8 Å². The fraction of sp³-hybridized carbons (Fsp3) is 0.280. The molecule has 2 heterocycles. The van der Waals surface area contributed by atoms with Gasteiger partial charge in [-0.15, -0.1) is 10.2 Å². The summed E-state index contributed by atoms with van der Waals surface area (Å²) in [5, 5.41) is 11.2. The number of rotatable bonds is 5. The number of nitrogens with two attached hydrogens (primary N) is 1. The molecular weight excluding hydrogens is 537 g/mol. The highest BCUT2D eigenvalue weighted by molar-refractivity contribution is 7.94. The number of aromatic nitrogens is 2. The van der Waals surface area contributed by atoms with Gasteiger partial charge in [0.2, 0.25) is 21.6 Å². The Morgan fingerprint density at radius 3 is 2.45 bits per heavy atom. The molecule has 2 amide bonds. The molecule has 0 saturated carbocycles. The molecule has 2 aromatic carbocycles. The van der Waals surface area contributed by atoms with Crippen molar-refractivity contribution in [3.63, 3.8) is 0 Å². The van der Waals surface area contributed by atoms with Crippen molar-refractivity contribution in [2.45, 2.75) is 50.6 Å². The van der Waals surface area contributed by atoms with Crippen LogP contribution < -0.4 is 16.0 Å². The summed E-state index contributed by atoms with van der Waals surface area (Å²) in [5.74, 6) is -2.52. The number of anilines is 1. The number of hydrogen-bond acceptors (Lipinski definition) is 8. The summed E-state index contributed by atoms with van der Waals surface area (Å²) in [6, 6.07) is 7.44. The standard InChI is InChI=1S/C25H25ClFN5O5S/c1-13(28)21(33)29-18-12-38(35,36)20-10-17(27)16(22-30-31-24(37-22)25(2,3)4)9-19(20)32(23(18)34)11-14-5-7-15(26)8-6-14/h5-10,12-13H,11,28H2,1-4H3,(H,29,33)/t13-/m0/s1. The zero-order valence-electron chi connectivity index (χ0n) is 21.0. The Balaban J connectivity index is 1.91. The molecule has 1 aromatic heterocycles. The molecule has 0 bridgehead atoms. The van der Waals surface area contributed by atoms with E-state index in [0.29, 0.717) is 16.0 Å². The molecule has 1 aliphatic heterocycles. The van der Waals surface area contributed by atoms with Gasteiger partial charge in [-0.25, -0.2) is 12.8 Å². The number of hydrogen-bond donors (Lipinski definition) is 2. The molecule has 0 unspecified atom stereocenters. The molecule has 0 saturated heterocycles. The first-order valence-electron chi connectivity index (χ1n) is 11.4. The van der Waals surface area contributed by atoms with E-state index in [2.05, 4.69) is 15.5 Å². The second kappa shape index (κ2) is 9.93. The van der Waals surface area contributed by atoms with Crippen molar-refractivity contribution in [2.24, 2.45) is 5.73 Å². The van der Waals surface area contributed by atoms with Crippen molar-refractivity contribution in [2.75, 3.05) is 4.90 Å². The SMILES string of the molecule is C[C@H](N)C(=O)NC1=CS(=O)(=O)c2cc(F)c(-c3nnc(C(C)(C)C)o3)cc2N(Cc2ccc(Cl)cc2)C1=O. The first-order chi connectivity index (χ1) is 17.7. The van der Waals surface area contributed by atoms with Crippen LogP contribution in [0.1, 0.15) is 39.1 Å². The summed E-state index contributed by atoms with van der Waals surface area (Å²) in [7, 11) is -4.41. The number of nitrogens with one attached hydrogen (secondary N) is 1. The highest BCUT2D eigenvalue weighted by Gasteiger charge is 2.35. The van der Waals surface area contributed by atoms with E-state index in [1.54, 1.807) is 24.3 Å². The van der Waals surface area contributed by atoms with Crippen LogP contribution >= 0.6 is 11.6 Å². The van der Waals surface area contributed by atoms with E-state index < -0.39 is 49.5 Å². The van der Waals surface area contributed by atoms with Crippen LogP contribution in [-0.4, -0.2) is 36.5 Å². The van der Waals surface area contributed by atoms with Crippen LogP contribution in [0.5, 0.6) is 0 Å². The first-order valence-corrected chi connectivity index (χ1v) is 13.4. The van der Waals surface area contributed by atoms with E-state index in [-0.39, 0.29) is 29.6 Å². The Hall–Kier alpha value is -3.61. The number of sulfone groups is 1. The van der Waals surface area contributed by atoms with Crippen LogP contribution in [0, 0.1) is 5.82 Å². The van der Waals surface area contributed by atoms with E-state index in [4.69, 9.17) is 21.8 Å². The normalized spacial score (nSPS) is 15.9. The van der Waals surface area contributed by atoms with Crippen LogP contribution in [0.25, 0.3) is 11.5 Å². The lowest BCUT2D eigenvalue weighted by Gasteiger charge is -2.25. The molecule has 0 aliphatic carbocycles. The molecule has 0 radical (unpaired) electrons. The van der Waals surface area contributed by atoms with E-state index in [1.807, 2.05) is 20.8 Å². The molecule has 38 heavy (non-hydrogen) atoms. The van der Waals surface area contributed by atoms with Crippen molar-refractivity contribution in [1.82, 2.24) is 15.5 Å². The second-order valence-electron chi connectivity index (χ2n) is 9.83. The number of halogens is 2. The van der Waals surface area contributed by atoms with Gasteiger partial charge in [-0.1, -0.05) is 44.5 Å². The molecule has 13 heteroatoms. The van der Waals surface area contributed by atoms with Gasteiger partial charge in [0, 0.05) is 10.4 Å². The largest absolute Gasteiger partial charge is 0.420 e. The van der Waals surface area contributed by atoms with Crippen molar-refractivity contribution >= 4 is 38.9 Å². The number of carbonyl (C=O) groups excluding carboxylic acids is 2. The van der Waals surface area contributed by atoms with E-state index in [0.717, 1.165) is 11.0 Å². The molecule has 4 rings (SSSR count). The Kier molecular flexibility index (Phi) is 7.17. The zero-order chi connectivity index (χ0) is 28.0. The maximum Gasteiger partial charge on any atom is 0.275 e. The third kappa shape index (κ3) is 5.47. The summed E-state index contributed by atoms with van der Waals surface area (Å²) in [4.78, 5) is 26.6. The molecule has 0 spiro atoms. The van der Waals surface area contributed by atoms with Crippen molar-refractivity contribution in [3.8, 4) is 11.5 Å². The van der Waals surface area contributed by atoms with Gasteiger partial charge in [0.25, 0.3) is 11.8 Å². The third-order valence-electron chi connectivity index (χ3n) is 5.62. The predicted octanol–water partition coefficient (Wildman–Crippen LogP) is 3.45. The van der Waals surface area contributed by atoms with E-state index in [1.165, 1.54) is 13.0 Å². The van der Waals surface area contributed by atoms with E-state index in [9.17, 15) is 18.0 Å². The lowest BCUT2D eigenvalue weighted by atomic mass is 9.97. The second-order valence-corrected chi connectivity index (χ2v) is 12.0. The van der Waals surface area contributed by atoms with Gasteiger partial charge >= 0.3 is 0 Å². The molecule has 200 valence electrons. The lowest BCUT2D eigenvalue weighted by molar-refractivity contribution is -0.123. The summed E-state index contributed by atoms with van der Waals surface area (Å²) in [6.45, 7) is 6.75. The summed E-state index contributed by atoms with van der Waals surface area (Å²) < 4.78 is 47.6. The van der Waals surface area contributed by atoms with Crippen LogP contribution in [0.2, 0.25) is 5.02 Å². The Bertz CT molecular complexity index is 1560. The van der Waals surface area contributed by atoms with Gasteiger partial charge in [-0.05, 0) is 36.8 Å². The predicted molar refractivity (Wildman–Crippen MR) is 138 cm³/mol. The smallest absolute Gasteiger partial charge is 0.275 e. The monoisotopic (exact) mass is 561 g/mol.